The summed E-state index contributed by atoms with van der Waals surface area (Å²) in [6.45, 7) is 1.31. The number of nitrogens with one attached hydrogen (secondary N) is 1. The Kier molecular flexibility index (Phi) is 6.32. The second kappa shape index (κ2) is 8.88. The Morgan fingerprint density at radius 1 is 1.26 bits per heavy atom. The average Bonchev–Trinajstić information content (AvgIpc) is 3.04. The van der Waals surface area contributed by atoms with Crippen LogP contribution in [0.5, 0.6) is 11.5 Å². The number of para-hydroxylation sites is 1. The van der Waals surface area contributed by atoms with E-state index in [1.165, 1.54) is 0 Å². The molecule has 1 atom stereocenters. The number of hydrogen-bond acceptors (Lipinski definition) is 4. The van der Waals surface area contributed by atoms with Crippen LogP contribution in [0.25, 0.3) is 0 Å². The van der Waals surface area contributed by atoms with Gasteiger partial charge in [-0.2, -0.15) is 0 Å². The molecule has 7 heteroatoms. The van der Waals surface area contributed by atoms with Crippen LogP contribution >= 0.6 is 11.6 Å². The molecule has 27 heavy (non-hydrogen) atoms. The predicted molar refractivity (Wildman–Crippen MR) is 103 cm³/mol. The first-order chi connectivity index (χ1) is 13.1. The smallest absolute Gasteiger partial charge is 0.229 e. The molecule has 1 unspecified atom stereocenters. The lowest BCUT2D eigenvalue weighted by Crippen LogP contribution is -2.30. The number of likely N-dealkylation sites (tertiary alicyclic amines) is 1. The van der Waals surface area contributed by atoms with Crippen LogP contribution in [0, 0.1) is 5.92 Å². The van der Waals surface area contributed by atoms with Crippen molar-refractivity contribution in [3.8, 4) is 11.5 Å². The first-order valence-corrected chi connectivity index (χ1v) is 9.04. The van der Waals surface area contributed by atoms with Gasteiger partial charge < -0.3 is 19.7 Å². The number of halogens is 1. The highest BCUT2D eigenvalue weighted by molar-refractivity contribution is 6.31. The van der Waals surface area contributed by atoms with E-state index in [2.05, 4.69) is 5.32 Å². The summed E-state index contributed by atoms with van der Waals surface area (Å²) in [4.78, 5) is 26.4. The molecule has 142 valence electrons. The Bertz CT molecular complexity index is 813. The number of carbonyl (C=O) groups excluding carboxylic acids is 2. The van der Waals surface area contributed by atoms with E-state index in [0.717, 1.165) is 0 Å². The van der Waals surface area contributed by atoms with Gasteiger partial charge in [0, 0.05) is 31.6 Å². The van der Waals surface area contributed by atoms with Crippen LogP contribution in [0.3, 0.4) is 0 Å². The zero-order chi connectivity index (χ0) is 19.2. The largest absolute Gasteiger partial charge is 0.455 e. The molecule has 1 saturated heterocycles. The zero-order valence-corrected chi connectivity index (χ0v) is 15.7. The molecular weight excluding hydrogens is 368 g/mol. The lowest BCUT2D eigenvalue weighted by molar-refractivity contribution is -0.128. The lowest BCUT2D eigenvalue weighted by Gasteiger charge is -2.17. The predicted octanol–water partition coefficient (Wildman–Crippen LogP) is 3.57. The molecule has 0 bridgehead atoms. The van der Waals surface area contributed by atoms with Crippen molar-refractivity contribution >= 4 is 29.1 Å². The van der Waals surface area contributed by atoms with E-state index in [4.69, 9.17) is 21.1 Å². The summed E-state index contributed by atoms with van der Waals surface area (Å²) in [5.41, 5.74) is 0.471. The standard InChI is InChI=1S/C20H21ClN2O4/c1-26-10-9-23-13-14(11-19(23)24)20(25)22-17-12-15(21)7-8-18(17)27-16-5-3-2-4-6-16/h2-8,12,14H,9-11,13H2,1H3,(H,22,25). The van der Waals surface area contributed by atoms with Crippen LogP contribution in [-0.2, 0) is 14.3 Å². The number of ether oxygens (including phenoxy) is 2. The van der Waals surface area contributed by atoms with Crippen LogP contribution in [0.2, 0.25) is 5.02 Å². The molecule has 0 aromatic heterocycles. The van der Waals surface area contributed by atoms with Gasteiger partial charge in [-0.1, -0.05) is 29.8 Å². The average molecular weight is 389 g/mol. The van der Waals surface area contributed by atoms with E-state index in [0.29, 0.717) is 41.9 Å². The second-order valence-corrected chi connectivity index (χ2v) is 6.71. The molecule has 2 amide bonds. The van der Waals surface area contributed by atoms with Gasteiger partial charge in [0.25, 0.3) is 0 Å². The highest BCUT2D eigenvalue weighted by Gasteiger charge is 2.34. The van der Waals surface area contributed by atoms with Crippen LogP contribution in [0.4, 0.5) is 5.69 Å². The van der Waals surface area contributed by atoms with Gasteiger partial charge in [-0.05, 0) is 30.3 Å². The fourth-order valence-electron chi connectivity index (χ4n) is 2.90. The molecule has 6 nitrogen and oxygen atoms in total. The van der Waals surface area contributed by atoms with Crippen molar-refractivity contribution in [3.63, 3.8) is 0 Å². The van der Waals surface area contributed by atoms with Gasteiger partial charge >= 0.3 is 0 Å². The summed E-state index contributed by atoms with van der Waals surface area (Å²) in [5.74, 6) is 0.442. The van der Waals surface area contributed by atoms with Crippen LogP contribution in [-0.4, -0.2) is 43.5 Å². The summed E-state index contributed by atoms with van der Waals surface area (Å²) < 4.78 is 10.9. The highest BCUT2D eigenvalue weighted by Crippen LogP contribution is 2.33. The summed E-state index contributed by atoms with van der Waals surface area (Å²) in [7, 11) is 1.58. The highest BCUT2D eigenvalue weighted by atomic mass is 35.5. The summed E-state index contributed by atoms with van der Waals surface area (Å²) in [6, 6.07) is 14.3. The molecule has 1 aliphatic rings. The Hall–Kier alpha value is -2.57. The molecule has 0 spiro atoms. The minimum atomic E-state index is -0.419. The number of methoxy groups -OCH3 is 1. The molecular formula is C20H21ClN2O4. The SMILES string of the molecule is COCCN1CC(C(=O)Nc2cc(Cl)ccc2Oc2ccccc2)CC1=O. The van der Waals surface area contributed by atoms with Gasteiger partial charge in [0.15, 0.2) is 5.75 Å². The first-order valence-electron chi connectivity index (χ1n) is 8.67. The van der Waals surface area contributed by atoms with Crippen molar-refractivity contribution in [3.05, 3.63) is 53.6 Å². The van der Waals surface area contributed by atoms with Gasteiger partial charge in [-0.15, -0.1) is 0 Å². The number of benzene rings is 2. The molecule has 1 fully saturated rings. The van der Waals surface area contributed by atoms with Crippen LogP contribution in [0.1, 0.15) is 6.42 Å². The summed E-state index contributed by atoms with van der Waals surface area (Å²) >= 11 is 6.08. The molecule has 2 aromatic rings. The number of carbonyl (C=O) groups is 2. The fourth-order valence-corrected chi connectivity index (χ4v) is 3.08. The monoisotopic (exact) mass is 388 g/mol. The van der Waals surface area contributed by atoms with Crippen molar-refractivity contribution in [1.82, 2.24) is 4.90 Å². The molecule has 1 aliphatic heterocycles. The van der Waals surface area contributed by atoms with Gasteiger partial charge in [0.1, 0.15) is 5.75 Å². The number of nitrogens with zero attached hydrogens (tertiary/aromatic N) is 1. The van der Waals surface area contributed by atoms with Crippen molar-refractivity contribution in [2.45, 2.75) is 6.42 Å². The van der Waals surface area contributed by atoms with E-state index >= 15 is 0 Å². The lowest BCUT2D eigenvalue weighted by atomic mass is 10.1. The van der Waals surface area contributed by atoms with Crippen molar-refractivity contribution < 1.29 is 19.1 Å². The maximum Gasteiger partial charge on any atom is 0.229 e. The van der Waals surface area contributed by atoms with Gasteiger partial charge in [-0.25, -0.2) is 0 Å². The maximum atomic E-state index is 12.7. The molecule has 0 saturated carbocycles. The topological polar surface area (TPSA) is 67.9 Å². The number of anilines is 1. The third-order valence-corrected chi connectivity index (χ3v) is 4.56. The van der Waals surface area contributed by atoms with Gasteiger partial charge in [-0.3, -0.25) is 9.59 Å². The van der Waals surface area contributed by atoms with Gasteiger partial charge in [0.2, 0.25) is 11.8 Å². The van der Waals surface area contributed by atoms with Crippen molar-refractivity contribution in [2.24, 2.45) is 5.92 Å². The Balaban J connectivity index is 1.70. The van der Waals surface area contributed by atoms with E-state index < -0.39 is 5.92 Å². The molecule has 1 N–H and O–H groups in total. The first kappa shape index (κ1) is 19.2. The minimum absolute atomic E-state index is 0.0425. The minimum Gasteiger partial charge on any atom is -0.455 e. The van der Waals surface area contributed by atoms with E-state index in [1.807, 2.05) is 30.3 Å². The molecule has 1 heterocycles. The van der Waals surface area contributed by atoms with Crippen LogP contribution in [0.15, 0.2) is 48.5 Å². The normalized spacial score (nSPS) is 16.4. The zero-order valence-electron chi connectivity index (χ0n) is 15.0. The second-order valence-electron chi connectivity index (χ2n) is 6.28. The number of hydrogen-bond donors (Lipinski definition) is 1. The molecule has 0 radical (unpaired) electrons. The van der Waals surface area contributed by atoms with E-state index in [1.54, 1.807) is 30.2 Å². The molecule has 2 aromatic carbocycles. The van der Waals surface area contributed by atoms with Crippen molar-refractivity contribution in [2.75, 3.05) is 32.1 Å². The van der Waals surface area contributed by atoms with Gasteiger partial charge in [0.05, 0.1) is 18.2 Å². The molecule has 3 rings (SSSR count). The molecule has 0 aliphatic carbocycles. The fraction of sp³-hybridized carbons (Fsp3) is 0.300. The third-order valence-electron chi connectivity index (χ3n) is 4.32. The summed E-state index contributed by atoms with van der Waals surface area (Å²) in [5, 5.41) is 3.33. The van der Waals surface area contributed by atoms with Crippen molar-refractivity contribution in [1.29, 1.82) is 0 Å². The Labute approximate surface area is 163 Å². The van der Waals surface area contributed by atoms with E-state index in [9.17, 15) is 9.59 Å². The number of amides is 2. The maximum absolute atomic E-state index is 12.7. The third kappa shape index (κ3) is 4.99. The summed E-state index contributed by atoms with van der Waals surface area (Å²) in [6.07, 6.45) is 0.186. The Morgan fingerprint density at radius 2 is 2.04 bits per heavy atom. The van der Waals surface area contributed by atoms with E-state index in [-0.39, 0.29) is 18.2 Å². The quantitative estimate of drug-likeness (QED) is 0.787. The van der Waals surface area contributed by atoms with Crippen LogP contribution < -0.4 is 10.1 Å². The number of rotatable bonds is 7. The Morgan fingerprint density at radius 3 is 2.78 bits per heavy atom.